The van der Waals surface area contributed by atoms with Gasteiger partial charge in [0.25, 0.3) is 0 Å². The predicted molar refractivity (Wildman–Crippen MR) is 106 cm³/mol. The fourth-order valence-electron chi connectivity index (χ4n) is 2.41. The van der Waals surface area contributed by atoms with Crippen molar-refractivity contribution in [2.24, 2.45) is 0 Å². The van der Waals surface area contributed by atoms with Crippen LogP contribution in [0.5, 0.6) is 0 Å². The number of fused-ring (bicyclic) bond motifs is 1. The summed E-state index contributed by atoms with van der Waals surface area (Å²) in [5.41, 5.74) is 1.87. The van der Waals surface area contributed by atoms with Crippen molar-refractivity contribution in [3.8, 4) is 0 Å². The van der Waals surface area contributed by atoms with Gasteiger partial charge in [0.2, 0.25) is 10.0 Å². The topological polar surface area (TPSA) is 98.2 Å². The third kappa shape index (κ3) is 4.83. The third-order valence-corrected chi connectivity index (χ3v) is 6.87. The van der Waals surface area contributed by atoms with Crippen molar-refractivity contribution >= 4 is 50.5 Å². The van der Waals surface area contributed by atoms with Crippen LogP contribution in [-0.4, -0.2) is 42.0 Å². The van der Waals surface area contributed by atoms with E-state index in [0.29, 0.717) is 11.3 Å². The van der Waals surface area contributed by atoms with Gasteiger partial charge in [0, 0.05) is 11.5 Å². The number of ether oxygens (including phenoxy) is 1. The predicted octanol–water partition coefficient (Wildman–Crippen LogP) is 2.44. The Morgan fingerprint density at radius 1 is 1.19 bits per heavy atom. The normalized spacial score (nSPS) is 12.8. The second-order valence-electron chi connectivity index (χ2n) is 5.59. The first kappa shape index (κ1) is 19.7. The average molecular weight is 424 g/mol. The van der Waals surface area contributed by atoms with Crippen LogP contribution in [0.15, 0.2) is 53.4 Å². The van der Waals surface area contributed by atoms with Gasteiger partial charge in [-0.15, -0.1) is 0 Å². The number of esters is 1. The fraction of sp³-hybridized carbons (Fsp3) is 0.235. The Balaban J connectivity index is 1.75. The number of thioether (sulfide) groups is 1. The van der Waals surface area contributed by atoms with Crippen molar-refractivity contribution < 1.29 is 17.9 Å². The van der Waals surface area contributed by atoms with E-state index in [4.69, 9.17) is 4.74 Å². The summed E-state index contributed by atoms with van der Waals surface area (Å²) in [6, 6.07) is 13.4. The molecule has 27 heavy (non-hydrogen) atoms. The van der Waals surface area contributed by atoms with Gasteiger partial charge in [-0.05, 0) is 17.7 Å². The van der Waals surface area contributed by atoms with Gasteiger partial charge < -0.3 is 4.74 Å². The van der Waals surface area contributed by atoms with Gasteiger partial charge in [0.05, 0.1) is 18.8 Å². The van der Waals surface area contributed by atoms with E-state index in [-0.39, 0.29) is 16.2 Å². The zero-order valence-electron chi connectivity index (χ0n) is 14.4. The summed E-state index contributed by atoms with van der Waals surface area (Å²) >= 11 is 2.38. The Bertz CT molecular complexity index is 1020. The molecule has 0 aliphatic rings. The molecule has 0 saturated carbocycles. The number of aromatic nitrogens is 2. The maximum absolute atomic E-state index is 12.8. The van der Waals surface area contributed by atoms with Crippen molar-refractivity contribution in [1.29, 1.82) is 0 Å². The van der Waals surface area contributed by atoms with E-state index < -0.39 is 22.0 Å². The number of nitrogens with one attached hydrogen (secondary N) is 1. The molecule has 1 heterocycles. The zero-order chi connectivity index (χ0) is 19.3. The lowest BCUT2D eigenvalue weighted by atomic mass is 10.2. The van der Waals surface area contributed by atoms with Gasteiger partial charge in [-0.3, -0.25) is 4.79 Å². The number of hydrogen-bond acceptors (Lipinski definition) is 8. The van der Waals surface area contributed by atoms with Crippen molar-refractivity contribution in [2.75, 3.05) is 12.9 Å². The summed E-state index contributed by atoms with van der Waals surface area (Å²) < 4.78 is 40.9. The highest BCUT2D eigenvalue weighted by molar-refractivity contribution is 7.98. The summed E-state index contributed by atoms with van der Waals surface area (Å²) in [5.74, 6) is 0.260. The molecule has 1 aromatic heterocycles. The molecule has 142 valence electrons. The molecule has 0 saturated heterocycles. The first-order chi connectivity index (χ1) is 13.0. The quantitative estimate of drug-likeness (QED) is 0.556. The van der Waals surface area contributed by atoms with Gasteiger partial charge in [-0.1, -0.05) is 36.4 Å². The van der Waals surface area contributed by atoms with E-state index in [0.717, 1.165) is 17.3 Å². The lowest BCUT2D eigenvalue weighted by molar-refractivity contribution is -0.141. The summed E-state index contributed by atoms with van der Waals surface area (Å²) in [4.78, 5) is 12.1. The van der Waals surface area contributed by atoms with E-state index in [1.54, 1.807) is 12.1 Å². The van der Waals surface area contributed by atoms with Crippen molar-refractivity contribution in [3.05, 3.63) is 54.1 Å². The van der Waals surface area contributed by atoms with Crippen LogP contribution < -0.4 is 4.72 Å². The average Bonchev–Trinajstić information content (AvgIpc) is 3.16. The van der Waals surface area contributed by atoms with Crippen LogP contribution >= 0.6 is 23.5 Å². The molecule has 1 N–H and O–H groups in total. The Morgan fingerprint density at radius 2 is 1.96 bits per heavy atom. The van der Waals surface area contributed by atoms with E-state index in [2.05, 4.69) is 13.5 Å². The second-order valence-corrected chi connectivity index (χ2v) is 8.83. The van der Waals surface area contributed by atoms with Crippen LogP contribution in [-0.2, 0) is 25.3 Å². The highest BCUT2D eigenvalue weighted by Crippen LogP contribution is 2.22. The number of nitrogens with zero attached hydrogens (tertiary/aromatic N) is 2. The standard InChI is InChI=1S/C17H17N3O4S3/c1-24-17(21)14(11-25-10-12-6-3-2-4-7-12)20-27(22,23)15-9-5-8-13-16(15)19-26-18-13/h2-9,14,20H,10-11H2,1H3. The highest BCUT2D eigenvalue weighted by atomic mass is 32.2. The fourth-order valence-corrected chi connectivity index (χ4v) is 5.47. The van der Waals surface area contributed by atoms with Crippen LogP contribution in [0.3, 0.4) is 0 Å². The number of rotatable bonds is 8. The van der Waals surface area contributed by atoms with E-state index in [1.807, 2.05) is 30.3 Å². The minimum atomic E-state index is -3.97. The molecule has 2 aromatic carbocycles. The Labute approximate surface area is 165 Å². The Hall–Kier alpha value is -2.01. The molecule has 10 heteroatoms. The molecular weight excluding hydrogens is 406 g/mol. The molecule has 0 radical (unpaired) electrons. The lowest BCUT2D eigenvalue weighted by Gasteiger charge is -2.16. The third-order valence-electron chi connectivity index (χ3n) is 3.72. The number of carbonyl (C=O) groups excluding carboxylic acids is 1. The van der Waals surface area contributed by atoms with Gasteiger partial charge >= 0.3 is 5.97 Å². The Kier molecular flexibility index (Phi) is 6.42. The molecule has 0 bridgehead atoms. The summed E-state index contributed by atoms with van der Waals surface area (Å²) in [6.07, 6.45) is 0. The number of sulfonamides is 1. The summed E-state index contributed by atoms with van der Waals surface area (Å²) in [5, 5.41) is 0. The molecule has 0 aliphatic carbocycles. The summed E-state index contributed by atoms with van der Waals surface area (Å²) in [6.45, 7) is 0. The number of benzene rings is 2. The molecule has 1 atom stereocenters. The van der Waals surface area contributed by atoms with E-state index in [1.165, 1.54) is 24.9 Å². The molecule has 1 unspecified atom stereocenters. The maximum Gasteiger partial charge on any atom is 0.324 e. The first-order valence-electron chi connectivity index (χ1n) is 7.94. The minimum Gasteiger partial charge on any atom is -0.468 e. The van der Waals surface area contributed by atoms with Gasteiger partial charge in [0.1, 0.15) is 22.0 Å². The largest absolute Gasteiger partial charge is 0.468 e. The summed E-state index contributed by atoms with van der Waals surface area (Å²) in [7, 11) is -2.73. The molecule has 0 spiro atoms. The van der Waals surface area contributed by atoms with Crippen LogP contribution in [0, 0.1) is 0 Å². The number of carbonyl (C=O) groups is 1. The molecule has 0 aliphatic heterocycles. The van der Waals surface area contributed by atoms with E-state index >= 15 is 0 Å². The lowest BCUT2D eigenvalue weighted by Crippen LogP contribution is -2.43. The van der Waals surface area contributed by atoms with Crippen LogP contribution in [0.4, 0.5) is 0 Å². The van der Waals surface area contributed by atoms with Crippen LogP contribution in [0.2, 0.25) is 0 Å². The number of methoxy groups -OCH3 is 1. The Morgan fingerprint density at radius 3 is 2.70 bits per heavy atom. The molecule has 3 aromatic rings. The van der Waals surface area contributed by atoms with E-state index in [9.17, 15) is 13.2 Å². The van der Waals surface area contributed by atoms with Crippen molar-refractivity contribution in [1.82, 2.24) is 13.5 Å². The van der Waals surface area contributed by atoms with Crippen molar-refractivity contribution in [3.63, 3.8) is 0 Å². The smallest absolute Gasteiger partial charge is 0.324 e. The van der Waals surface area contributed by atoms with Crippen LogP contribution in [0.1, 0.15) is 5.56 Å². The molecule has 0 fully saturated rings. The minimum absolute atomic E-state index is 0.00397. The maximum atomic E-state index is 12.8. The molecule has 3 rings (SSSR count). The molecule has 0 amide bonds. The number of hydrogen-bond donors (Lipinski definition) is 1. The van der Waals surface area contributed by atoms with Crippen LogP contribution in [0.25, 0.3) is 11.0 Å². The van der Waals surface area contributed by atoms with Crippen molar-refractivity contribution in [2.45, 2.75) is 16.7 Å². The van der Waals surface area contributed by atoms with Gasteiger partial charge in [-0.25, -0.2) is 8.42 Å². The van der Waals surface area contributed by atoms with Gasteiger partial charge in [0.15, 0.2) is 0 Å². The highest BCUT2D eigenvalue weighted by Gasteiger charge is 2.28. The first-order valence-corrected chi connectivity index (χ1v) is 11.3. The monoisotopic (exact) mass is 423 g/mol. The second kappa shape index (κ2) is 8.79. The SMILES string of the molecule is COC(=O)C(CSCc1ccccc1)NS(=O)(=O)c1cccc2nsnc12. The van der Waals surface area contributed by atoms with Gasteiger partial charge in [-0.2, -0.15) is 25.2 Å². The molecular formula is C17H17N3O4S3. The molecule has 7 nitrogen and oxygen atoms in total. The zero-order valence-corrected chi connectivity index (χ0v) is 16.8.